The monoisotopic (exact) mass is 327 g/mol. The molecule has 0 atom stereocenters. The number of benzene rings is 1. The van der Waals surface area contributed by atoms with Crippen molar-refractivity contribution < 1.29 is 22.6 Å². The third-order valence-corrected chi connectivity index (χ3v) is 2.50. The highest BCUT2D eigenvalue weighted by Crippen LogP contribution is 2.32. The van der Waals surface area contributed by atoms with Gasteiger partial charge in [0.25, 0.3) is 0 Å². The normalized spacial score (nSPS) is 11.4. The van der Waals surface area contributed by atoms with Crippen molar-refractivity contribution in [1.82, 2.24) is 0 Å². The molecule has 102 valence electrons. The van der Waals surface area contributed by atoms with Crippen LogP contribution in [0, 0.1) is 0 Å². The van der Waals surface area contributed by atoms with E-state index < -0.39 is 6.36 Å². The highest BCUT2D eigenvalue weighted by molar-refractivity contribution is 9.10. The van der Waals surface area contributed by atoms with Crippen molar-refractivity contribution in [2.75, 3.05) is 25.6 Å². The molecule has 0 aliphatic rings. The van der Waals surface area contributed by atoms with Gasteiger partial charge in [-0.3, -0.25) is 0 Å². The van der Waals surface area contributed by atoms with Crippen LogP contribution in [0.25, 0.3) is 0 Å². The molecule has 1 rings (SSSR count). The van der Waals surface area contributed by atoms with Gasteiger partial charge in [0.15, 0.2) is 5.75 Å². The van der Waals surface area contributed by atoms with Gasteiger partial charge in [-0.15, -0.1) is 13.2 Å². The van der Waals surface area contributed by atoms with E-state index >= 15 is 0 Å². The molecule has 0 fully saturated rings. The van der Waals surface area contributed by atoms with Crippen LogP contribution in [0.1, 0.15) is 6.42 Å². The minimum Gasteiger partial charge on any atom is -0.404 e. The summed E-state index contributed by atoms with van der Waals surface area (Å²) in [6, 6.07) is 4.44. The van der Waals surface area contributed by atoms with E-state index in [-0.39, 0.29) is 5.75 Å². The quantitative estimate of drug-likeness (QED) is 0.806. The molecule has 0 spiro atoms. The first kappa shape index (κ1) is 15.1. The Kier molecular flexibility index (Phi) is 5.74. The molecule has 0 aliphatic carbocycles. The fourth-order valence-corrected chi connectivity index (χ4v) is 1.63. The molecule has 1 aromatic carbocycles. The summed E-state index contributed by atoms with van der Waals surface area (Å²) in [4.78, 5) is 0. The molecule has 0 amide bonds. The molecule has 0 heterocycles. The smallest absolute Gasteiger partial charge is 0.404 e. The summed E-state index contributed by atoms with van der Waals surface area (Å²) in [5.41, 5.74) is 0.298. The predicted octanol–water partition coefficient (Wildman–Crippen LogP) is 3.80. The van der Waals surface area contributed by atoms with Gasteiger partial charge >= 0.3 is 6.36 Å². The van der Waals surface area contributed by atoms with Gasteiger partial charge < -0.3 is 14.8 Å². The Hall–Kier alpha value is -0.950. The number of hydrogen-bond acceptors (Lipinski definition) is 3. The van der Waals surface area contributed by atoms with Gasteiger partial charge in [0, 0.05) is 24.7 Å². The van der Waals surface area contributed by atoms with E-state index in [1.807, 2.05) is 0 Å². The number of nitrogens with one attached hydrogen (secondary N) is 1. The lowest BCUT2D eigenvalue weighted by Gasteiger charge is -2.15. The number of ether oxygens (including phenoxy) is 2. The maximum atomic E-state index is 12.2. The number of methoxy groups -OCH3 is 1. The van der Waals surface area contributed by atoms with Gasteiger partial charge in [0.1, 0.15) is 0 Å². The Balaban J connectivity index is 2.70. The maximum absolute atomic E-state index is 12.2. The highest BCUT2D eigenvalue weighted by Gasteiger charge is 2.32. The SMILES string of the molecule is COCCCNc1ccc(Br)cc1OC(F)(F)F. The molecule has 18 heavy (non-hydrogen) atoms. The third kappa shape index (κ3) is 5.59. The van der Waals surface area contributed by atoms with E-state index in [0.29, 0.717) is 29.7 Å². The van der Waals surface area contributed by atoms with Crippen LogP contribution >= 0.6 is 15.9 Å². The number of anilines is 1. The summed E-state index contributed by atoms with van der Waals surface area (Å²) in [7, 11) is 1.57. The van der Waals surface area contributed by atoms with Crippen LogP contribution in [-0.2, 0) is 4.74 Å². The van der Waals surface area contributed by atoms with E-state index in [2.05, 4.69) is 26.0 Å². The molecule has 0 bridgehead atoms. The largest absolute Gasteiger partial charge is 0.573 e. The Morgan fingerprint density at radius 3 is 2.67 bits per heavy atom. The molecule has 7 heteroatoms. The molecule has 0 aromatic heterocycles. The molecular formula is C11H13BrF3NO2. The lowest BCUT2D eigenvalue weighted by atomic mass is 10.3. The Morgan fingerprint density at radius 2 is 2.06 bits per heavy atom. The molecule has 0 radical (unpaired) electrons. The molecule has 3 nitrogen and oxygen atoms in total. The van der Waals surface area contributed by atoms with Gasteiger partial charge in [-0.2, -0.15) is 0 Å². The molecule has 1 aromatic rings. The van der Waals surface area contributed by atoms with E-state index in [0.717, 1.165) is 0 Å². The van der Waals surface area contributed by atoms with Gasteiger partial charge in [0.05, 0.1) is 5.69 Å². The number of hydrogen-bond donors (Lipinski definition) is 1. The van der Waals surface area contributed by atoms with Crippen molar-refractivity contribution in [2.24, 2.45) is 0 Å². The van der Waals surface area contributed by atoms with Gasteiger partial charge in [-0.1, -0.05) is 15.9 Å². The van der Waals surface area contributed by atoms with E-state index in [1.54, 1.807) is 13.2 Å². The first-order chi connectivity index (χ1) is 8.42. The zero-order valence-electron chi connectivity index (χ0n) is 9.68. The molecule has 0 saturated carbocycles. The Labute approximate surface area is 111 Å². The van der Waals surface area contributed by atoms with Crippen molar-refractivity contribution >= 4 is 21.6 Å². The zero-order chi connectivity index (χ0) is 13.6. The van der Waals surface area contributed by atoms with Crippen molar-refractivity contribution in [3.8, 4) is 5.75 Å². The fraction of sp³-hybridized carbons (Fsp3) is 0.455. The summed E-state index contributed by atoms with van der Waals surface area (Å²) in [5, 5.41) is 2.87. The van der Waals surface area contributed by atoms with Crippen LogP contribution in [0.4, 0.5) is 18.9 Å². The van der Waals surface area contributed by atoms with Crippen LogP contribution in [0.5, 0.6) is 5.75 Å². The first-order valence-electron chi connectivity index (χ1n) is 5.20. The lowest BCUT2D eigenvalue weighted by molar-refractivity contribution is -0.274. The van der Waals surface area contributed by atoms with Gasteiger partial charge in [-0.05, 0) is 24.6 Å². The van der Waals surface area contributed by atoms with Crippen LogP contribution in [0.2, 0.25) is 0 Å². The topological polar surface area (TPSA) is 30.5 Å². The van der Waals surface area contributed by atoms with Crippen LogP contribution in [-0.4, -0.2) is 26.6 Å². The Morgan fingerprint density at radius 1 is 1.33 bits per heavy atom. The van der Waals surface area contributed by atoms with Crippen LogP contribution in [0.15, 0.2) is 22.7 Å². The standard InChI is InChI=1S/C11H13BrF3NO2/c1-17-6-2-5-16-9-4-3-8(12)7-10(9)18-11(13,14)15/h3-4,7,16H,2,5-6H2,1H3. The average Bonchev–Trinajstić information content (AvgIpc) is 2.24. The van der Waals surface area contributed by atoms with E-state index in [9.17, 15) is 13.2 Å². The summed E-state index contributed by atoms with van der Waals surface area (Å²) < 4.78 is 45.9. The zero-order valence-corrected chi connectivity index (χ0v) is 11.3. The van der Waals surface area contributed by atoms with Crippen molar-refractivity contribution in [3.05, 3.63) is 22.7 Å². The summed E-state index contributed by atoms with van der Waals surface area (Å²) in [6.45, 7) is 1.04. The van der Waals surface area contributed by atoms with Crippen molar-refractivity contribution in [3.63, 3.8) is 0 Å². The summed E-state index contributed by atoms with van der Waals surface area (Å²) >= 11 is 3.10. The second-order valence-electron chi connectivity index (χ2n) is 3.46. The van der Waals surface area contributed by atoms with Crippen LogP contribution < -0.4 is 10.1 Å². The maximum Gasteiger partial charge on any atom is 0.573 e. The number of rotatable bonds is 6. The molecular weight excluding hydrogens is 315 g/mol. The molecule has 0 saturated heterocycles. The number of alkyl halides is 3. The molecule has 0 unspecified atom stereocenters. The second kappa shape index (κ2) is 6.84. The van der Waals surface area contributed by atoms with Gasteiger partial charge in [0.2, 0.25) is 0 Å². The van der Waals surface area contributed by atoms with Crippen molar-refractivity contribution in [2.45, 2.75) is 12.8 Å². The second-order valence-corrected chi connectivity index (χ2v) is 4.38. The minimum atomic E-state index is -4.70. The Bertz CT molecular complexity index is 385. The summed E-state index contributed by atoms with van der Waals surface area (Å²) in [5.74, 6) is -0.255. The van der Waals surface area contributed by atoms with E-state index in [1.165, 1.54) is 12.1 Å². The van der Waals surface area contributed by atoms with Crippen molar-refractivity contribution in [1.29, 1.82) is 0 Å². The highest BCUT2D eigenvalue weighted by atomic mass is 79.9. The van der Waals surface area contributed by atoms with E-state index in [4.69, 9.17) is 4.74 Å². The lowest BCUT2D eigenvalue weighted by Crippen LogP contribution is -2.18. The molecule has 0 aliphatic heterocycles. The predicted molar refractivity (Wildman–Crippen MR) is 65.8 cm³/mol. The van der Waals surface area contributed by atoms with Crippen LogP contribution in [0.3, 0.4) is 0 Å². The first-order valence-corrected chi connectivity index (χ1v) is 6.00. The minimum absolute atomic E-state index is 0.255. The average molecular weight is 328 g/mol. The molecule has 1 N–H and O–H groups in total. The number of halogens is 4. The van der Waals surface area contributed by atoms with Gasteiger partial charge in [-0.25, -0.2) is 0 Å². The third-order valence-electron chi connectivity index (χ3n) is 2.01. The summed E-state index contributed by atoms with van der Waals surface area (Å²) in [6.07, 6.45) is -4.01. The fourth-order valence-electron chi connectivity index (χ4n) is 1.29.